The van der Waals surface area contributed by atoms with E-state index in [1.807, 2.05) is 6.92 Å². The van der Waals surface area contributed by atoms with Crippen molar-refractivity contribution in [3.8, 4) is 0 Å². The first kappa shape index (κ1) is 14.8. The van der Waals surface area contributed by atoms with E-state index in [-0.39, 0.29) is 21.8 Å². The number of nitrogens with zero attached hydrogens (tertiary/aromatic N) is 3. The number of sulfonamides is 1. The first-order valence-corrected chi connectivity index (χ1v) is 7.92. The smallest absolute Gasteiger partial charge is 0.287 e. The molecule has 1 atom stereocenters. The second-order valence-electron chi connectivity index (χ2n) is 4.37. The van der Waals surface area contributed by atoms with Crippen molar-refractivity contribution in [3.63, 3.8) is 0 Å². The Kier molecular flexibility index (Phi) is 4.29. The minimum atomic E-state index is -3.94. The molecule has 0 amide bonds. The van der Waals surface area contributed by atoms with Crippen LogP contribution in [-0.4, -0.2) is 32.1 Å². The Balaban J connectivity index is 2.26. The molecule has 20 heavy (non-hydrogen) atoms. The van der Waals surface area contributed by atoms with Crippen LogP contribution in [0.15, 0.2) is 38.7 Å². The summed E-state index contributed by atoms with van der Waals surface area (Å²) < 4.78 is 27.9. The summed E-state index contributed by atoms with van der Waals surface area (Å²) >= 11 is 5.87. The number of halogens is 1. The largest absolute Gasteiger partial charge is 0.367 e. The lowest BCUT2D eigenvalue weighted by molar-refractivity contribution is 0.436. The Bertz CT molecular complexity index is 657. The number of hydrogen-bond donors (Lipinski definition) is 1. The van der Waals surface area contributed by atoms with Crippen LogP contribution in [-0.2, 0) is 10.0 Å². The van der Waals surface area contributed by atoms with Crippen LogP contribution in [0.4, 0.5) is 0 Å². The molecular formula is C12H15ClN4O2S. The van der Waals surface area contributed by atoms with Crippen molar-refractivity contribution in [2.75, 3.05) is 6.54 Å². The number of rotatable bonds is 3. The summed E-state index contributed by atoms with van der Waals surface area (Å²) in [5, 5.41) is 5.53. The minimum absolute atomic E-state index is 0.0696. The third-order valence-corrected chi connectivity index (χ3v) is 4.72. The normalized spacial score (nSPS) is 19.6. The second-order valence-corrected chi connectivity index (χ2v) is 6.35. The SMILES string of the molecule is CCC1C=NN(C(N)=NS(=O)(=O)c2ccccc2Cl)C1. The lowest BCUT2D eigenvalue weighted by Gasteiger charge is -2.13. The Hall–Kier alpha value is -1.60. The first-order valence-electron chi connectivity index (χ1n) is 6.10. The topological polar surface area (TPSA) is 88.1 Å². The number of benzene rings is 1. The van der Waals surface area contributed by atoms with Crippen molar-refractivity contribution >= 4 is 33.8 Å². The zero-order valence-corrected chi connectivity index (χ0v) is 12.5. The van der Waals surface area contributed by atoms with Gasteiger partial charge in [0.15, 0.2) is 0 Å². The number of nitrogens with two attached hydrogens (primary N) is 1. The van der Waals surface area contributed by atoms with Gasteiger partial charge in [-0.15, -0.1) is 4.40 Å². The van der Waals surface area contributed by atoms with Gasteiger partial charge in [0.05, 0.1) is 11.6 Å². The molecule has 108 valence electrons. The zero-order chi connectivity index (χ0) is 14.8. The molecule has 1 aromatic carbocycles. The van der Waals surface area contributed by atoms with Gasteiger partial charge in [0.2, 0.25) is 5.96 Å². The van der Waals surface area contributed by atoms with Crippen LogP contribution in [0.3, 0.4) is 0 Å². The van der Waals surface area contributed by atoms with Gasteiger partial charge in [-0.2, -0.15) is 13.5 Å². The molecule has 2 N–H and O–H groups in total. The van der Waals surface area contributed by atoms with E-state index in [1.165, 1.54) is 17.1 Å². The molecule has 0 aliphatic carbocycles. The molecular weight excluding hydrogens is 300 g/mol. The molecule has 0 aromatic heterocycles. The lowest BCUT2D eigenvalue weighted by atomic mass is 10.1. The highest BCUT2D eigenvalue weighted by atomic mass is 35.5. The molecule has 0 saturated heterocycles. The number of hydrazone groups is 1. The van der Waals surface area contributed by atoms with Crippen molar-refractivity contribution in [3.05, 3.63) is 29.3 Å². The van der Waals surface area contributed by atoms with Crippen LogP contribution < -0.4 is 5.73 Å². The quantitative estimate of drug-likeness (QED) is 0.679. The van der Waals surface area contributed by atoms with E-state index in [4.69, 9.17) is 17.3 Å². The van der Waals surface area contributed by atoms with E-state index >= 15 is 0 Å². The Morgan fingerprint density at radius 2 is 2.25 bits per heavy atom. The van der Waals surface area contributed by atoms with E-state index in [0.717, 1.165) is 6.42 Å². The monoisotopic (exact) mass is 314 g/mol. The summed E-state index contributed by atoms with van der Waals surface area (Å²) in [5.41, 5.74) is 5.71. The molecule has 1 heterocycles. The fraction of sp³-hybridized carbons (Fsp3) is 0.333. The average Bonchev–Trinajstić information content (AvgIpc) is 2.87. The summed E-state index contributed by atoms with van der Waals surface area (Å²) in [7, 11) is -3.94. The maximum Gasteiger partial charge on any atom is 0.287 e. The maximum absolute atomic E-state index is 12.1. The summed E-state index contributed by atoms with van der Waals surface area (Å²) in [6.07, 6.45) is 2.65. The fourth-order valence-corrected chi connectivity index (χ4v) is 3.18. The Labute approximate surface area is 123 Å². The molecule has 0 spiro atoms. The van der Waals surface area contributed by atoms with Gasteiger partial charge in [-0.25, -0.2) is 5.01 Å². The maximum atomic E-state index is 12.1. The van der Waals surface area contributed by atoms with Crippen molar-refractivity contribution in [1.82, 2.24) is 5.01 Å². The standard InChI is InChI=1S/C12H15ClN4O2S/c1-2-9-7-15-17(8-9)12(14)16-20(18,19)11-6-4-3-5-10(11)13/h3-7,9H,2,8H2,1H3,(H2,14,16). The molecule has 1 unspecified atom stereocenters. The minimum Gasteiger partial charge on any atom is -0.367 e. The highest BCUT2D eigenvalue weighted by Crippen LogP contribution is 2.22. The molecule has 1 aliphatic heterocycles. The third kappa shape index (κ3) is 3.10. The van der Waals surface area contributed by atoms with E-state index in [9.17, 15) is 8.42 Å². The van der Waals surface area contributed by atoms with Crippen LogP contribution in [0.5, 0.6) is 0 Å². The second kappa shape index (κ2) is 5.80. The van der Waals surface area contributed by atoms with Crippen molar-refractivity contribution < 1.29 is 8.42 Å². The van der Waals surface area contributed by atoms with Gasteiger partial charge in [-0.1, -0.05) is 30.7 Å². The number of guanidine groups is 1. The van der Waals surface area contributed by atoms with Crippen molar-refractivity contribution in [2.45, 2.75) is 18.2 Å². The van der Waals surface area contributed by atoms with Gasteiger partial charge in [0, 0.05) is 12.1 Å². The molecule has 0 saturated carbocycles. The van der Waals surface area contributed by atoms with E-state index < -0.39 is 10.0 Å². The summed E-state index contributed by atoms with van der Waals surface area (Å²) in [5.74, 6) is 0.101. The Morgan fingerprint density at radius 1 is 1.55 bits per heavy atom. The van der Waals surface area contributed by atoms with Crippen LogP contribution >= 0.6 is 11.6 Å². The van der Waals surface area contributed by atoms with Crippen LogP contribution in [0.25, 0.3) is 0 Å². The fourth-order valence-electron chi connectivity index (χ4n) is 1.75. The molecule has 2 rings (SSSR count). The van der Waals surface area contributed by atoms with Gasteiger partial charge >= 0.3 is 0 Å². The lowest BCUT2D eigenvalue weighted by Crippen LogP contribution is -2.33. The zero-order valence-electron chi connectivity index (χ0n) is 10.9. The van der Waals surface area contributed by atoms with E-state index in [1.54, 1.807) is 18.3 Å². The molecule has 0 fully saturated rings. The van der Waals surface area contributed by atoms with Crippen LogP contribution in [0, 0.1) is 5.92 Å². The predicted octanol–water partition coefficient (Wildman–Crippen LogP) is 1.67. The molecule has 8 heteroatoms. The molecule has 1 aliphatic rings. The van der Waals surface area contributed by atoms with E-state index in [0.29, 0.717) is 6.54 Å². The first-order chi connectivity index (χ1) is 9.44. The van der Waals surface area contributed by atoms with Gasteiger partial charge in [0.1, 0.15) is 4.90 Å². The molecule has 0 bridgehead atoms. The van der Waals surface area contributed by atoms with Gasteiger partial charge in [-0.3, -0.25) is 0 Å². The third-order valence-electron chi connectivity index (χ3n) is 2.94. The van der Waals surface area contributed by atoms with Gasteiger partial charge in [0.25, 0.3) is 10.0 Å². The van der Waals surface area contributed by atoms with Crippen LogP contribution in [0.1, 0.15) is 13.3 Å². The summed E-state index contributed by atoms with van der Waals surface area (Å²) in [6.45, 7) is 2.55. The highest BCUT2D eigenvalue weighted by Gasteiger charge is 2.22. The molecule has 1 aromatic rings. The van der Waals surface area contributed by atoms with E-state index in [2.05, 4.69) is 9.50 Å². The average molecular weight is 315 g/mol. The van der Waals surface area contributed by atoms with Gasteiger partial charge in [-0.05, 0) is 18.6 Å². The van der Waals surface area contributed by atoms with Crippen LogP contribution in [0.2, 0.25) is 5.02 Å². The predicted molar refractivity (Wildman–Crippen MR) is 79.2 cm³/mol. The summed E-state index contributed by atoms with van der Waals surface area (Å²) in [6, 6.07) is 6.09. The highest BCUT2D eigenvalue weighted by molar-refractivity contribution is 7.90. The molecule has 0 radical (unpaired) electrons. The number of hydrogen-bond acceptors (Lipinski definition) is 3. The summed E-state index contributed by atoms with van der Waals surface area (Å²) in [4.78, 5) is -0.0696. The molecule has 6 nitrogen and oxygen atoms in total. The Morgan fingerprint density at radius 3 is 2.85 bits per heavy atom. The van der Waals surface area contributed by atoms with Gasteiger partial charge < -0.3 is 5.73 Å². The van der Waals surface area contributed by atoms with Crippen molar-refractivity contribution in [2.24, 2.45) is 21.2 Å². The van der Waals surface area contributed by atoms with Crippen molar-refractivity contribution in [1.29, 1.82) is 0 Å².